The summed E-state index contributed by atoms with van der Waals surface area (Å²) in [5, 5.41) is 9.98. The van der Waals surface area contributed by atoms with Crippen molar-refractivity contribution < 1.29 is 9.90 Å². The Morgan fingerprint density at radius 1 is 1.31 bits per heavy atom. The molecule has 0 saturated heterocycles. The van der Waals surface area contributed by atoms with E-state index in [1.54, 1.807) is 12.1 Å². The predicted molar refractivity (Wildman–Crippen MR) is 61.6 cm³/mol. The molecule has 0 amide bonds. The largest absolute Gasteiger partial charge is 0.481 e. The highest BCUT2D eigenvalue weighted by Crippen LogP contribution is 2.38. The summed E-state index contributed by atoms with van der Waals surface area (Å²) in [6.45, 7) is 0. The second-order valence-electron chi connectivity index (χ2n) is 4.31. The van der Waals surface area contributed by atoms with Crippen LogP contribution in [0.1, 0.15) is 37.8 Å². The van der Waals surface area contributed by atoms with Crippen molar-refractivity contribution in [2.24, 2.45) is 0 Å². The Hall–Kier alpha value is -1.09. The van der Waals surface area contributed by atoms with Crippen LogP contribution >= 0.6 is 11.6 Å². The maximum Gasteiger partial charge on any atom is 0.315 e. The van der Waals surface area contributed by atoms with Crippen LogP contribution in [0.2, 0.25) is 5.02 Å². The zero-order valence-corrected chi connectivity index (χ0v) is 9.70. The van der Waals surface area contributed by atoms with E-state index in [0.29, 0.717) is 23.6 Å². The van der Waals surface area contributed by atoms with E-state index in [1.807, 2.05) is 0 Å². The van der Waals surface area contributed by atoms with Crippen LogP contribution in [0.15, 0.2) is 18.3 Å². The van der Waals surface area contributed by atoms with Crippen LogP contribution in [0.3, 0.4) is 0 Å². The molecule has 1 aliphatic rings. The van der Waals surface area contributed by atoms with Crippen molar-refractivity contribution in [3.8, 4) is 0 Å². The summed E-state index contributed by atoms with van der Waals surface area (Å²) in [5.41, 5.74) is -0.146. The van der Waals surface area contributed by atoms with Crippen molar-refractivity contribution in [2.75, 3.05) is 0 Å². The molecule has 1 fully saturated rings. The van der Waals surface area contributed by atoms with Gasteiger partial charge in [-0.3, -0.25) is 9.78 Å². The Labute approximate surface area is 99.5 Å². The van der Waals surface area contributed by atoms with E-state index in [4.69, 9.17) is 11.6 Å². The number of carboxylic acid groups (broad SMARTS) is 1. The zero-order chi connectivity index (χ0) is 11.6. The van der Waals surface area contributed by atoms with E-state index in [2.05, 4.69) is 4.98 Å². The van der Waals surface area contributed by atoms with Crippen LogP contribution in [-0.2, 0) is 10.2 Å². The van der Waals surface area contributed by atoms with Crippen LogP contribution in [0, 0.1) is 0 Å². The Balaban J connectivity index is 2.38. The molecule has 1 aromatic heterocycles. The SMILES string of the molecule is O=C(O)C1(c2ccc(Cl)cn2)CCCCC1. The maximum absolute atomic E-state index is 11.5. The van der Waals surface area contributed by atoms with Gasteiger partial charge in [0, 0.05) is 6.20 Å². The lowest BCUT2D eigenvalue weighted by atomic mass is 9.71. The minimum absolute atomic E-state index is 0.542. The molecule has 1 aliphatic carbocycles. The van der Waals surface area contributed by atoms with E-state index in [1.165, 1.54) is 6.20 Å². The maximum atomic E-state index is 11.5. The number of halogens is 1. The monoisotopic (exact) mass is 239 g/mol. The fraction of sp³-hybridized carbons (Fsp3) is 0.500. The van der Waals surface area contributed by atoms with Crippen molar-refractivity contribution in [1.29, 1.82) is 0 Å². The first-order valence-corrected chi connectivity index (χ1v) is 5.88. The Morgan fingerprint density at radius 2 is 2.00 bits per heavy atom. The minimum atomic E-state index is -0.789. The molecule has 16 heavy (non-hydrogen) atoms. The molecule has 2 rings (SSSR count). The van der Waals surface area contributed by atoms with Crippen LogP contribution in [-0.4, -0.2) is 16.1 Å². The normalized spacial score (nSPS) is 19.3. The molecule has 0 spiro atoms. The molecule has 86 valence electrons. The quantitative estimate of drug-likeness (QED) is 0.863. The van der Waals surface area contributed by atoms with E-state index < -0.39 is 11.4 Å². The number of carboxylic acids is 1. The number of hydrogen-bond acceptors (Lipinski definition) is 2. The van der Waals surface area contributed by atoms with E-state index >= 15 is 0 Å². The number of pyridine rings is 1. The van der Waals surface area contributed by atoms with Gasteiger partial charge in [-0.05, 0) is 25.0 Å². The van der Waals surface area contributed by atoms with E-state index in [9.17, 15) is 9.90 Å². The van der Waals surface area contributed by atoms with Gasteiger partial charge < -0.3 is 5.11 Å². The van der Waals surface area contributed by atoms with E-state index in [-0.39, 0.29) is 0 Å². The van der Waals surface area contributed by atoms with Gasteiger partial charge in [0.05, 0.1) is 10.7 Å². The van der Waals surface area contributed by atoms with Gasteiger partial charge in [-0.25, -0.2) is 0 Å². The first-order chi connectivity index (χ1) is 7.65. The topological polar surface area (TPSA) is 50.2 Å². The highest BCUT2D eigenvalue weighted by Gasteiger charge is 2.42. The first-order valence-electron chi connectivity index (χ1n) is 5.50. The summed E-state index contributed by atoms with van der Waals surface area (Å²) in [6.07, 6.45) is 5.90. The van der Waals surface area contributed by atoms with Crippen molar-refractivity contribution in [1.82, 2.24) is 4.98 Å². The number of rotatable bonds is 2. The van der Waals surface area contributed by atoms with Crippen molar-refractivity contribution >= 4 is 17.6 Å². The standard InChI is InChI=1S/C12H14ClNO2/c13-9-4-5-10(14-8-9)12(11(15)16)6-2-1-3-7-12/h4-5,8H,1-3,6-7H2,(H,15,16). The molecule has 0 aliphatic heterocycles. The third-order valence-electron chi connectivity index (χ3n) is 3.33. The molecule has 1 N–H and O–H groups in total. The highest BCUT2D eigenvalue weighted by molar-refractivity contribution is 6.30. The van der Waals surface area contributed by atoms with Crippen LogP contribution in [0.25, 0.3) is 0 Å². The lowest BCUT2D eigenvalue weighted by Crippen LogP contribution is -2.38. The summed E-state index contributed by atoms with van der Waals surface area (Å²) in [5.74, 6) is -0.762. The summed E-state index contributed by atoms with van der Waals surface area (Å²) >= 11 is 5.77. The summed E-state index contributed by atoms with van der Waals surface area (Å²) in [7, 11) is 0. The third kappa shape index (κ3) is 1.92. The summed E-state index contributed by atoms with van der Waals surface area (Å²) in [4.78, 5) is 15.7. The average Bonchev–Trinajstić information content (AvgIpc) is 2.30. The molecule has 1 heterocycles. The molecule has 1 saturated carbocycles. The lowest BCUT2D eigenvalue weighted by molar-refractivity contribution is -0.145. The number of aliphatic carboxylic acids is 1. The van der Waals surface area contributed by atoms with Gasteiger partial charge in [0.25, 0.3) is 0 Å². The van der Waals surface area contributed by atoms with Gasteiger partial charge in [-0.2, -0.15) is 0 Å². The fourth-order valence-corrected chi connectivity index (χ4v) is 2.51. The molecule has 0 bridgehead atoms. The number of aromatic nitrogens is 1. The third-order valence-corrected chi connectivity index (χ3v) is 3.56. The molecule has 4 heteroatoms. The van der Waals surface area contributed by atoms with Crippen LogP contribution < -0.4 is 0 Å². The smallest absolute Gasteiger partial charge is 0.315 e. The second kappa shape index (κ2) is 4.42. The molecule has 0 aromatic carbocycles. The molecule has 1 aromatic rings. The van der Waals surface area contributed by atoms with Crippen molar-refractivity contribution in [2.45, 2.75) is 37.5 Å². The number of carbonyl (C=O) groups is 1. The second-order valence-corrected chi connectivity index (χ2v) is 4.75. The van der Waals surface area contributed by atoms with Gasteiger partial charge in [-0.1, -0.05) is 30.9 Å². The minimum Gasteiger partial charge on any atom is -0.481 e. The summed E-state index contributed by atoms with van der Waals surface area (Å²) < 4.78 is 0. The van der Waals surface area contributed by atoms with Gasteiger partial charge in [0.2, 0.25) is 0 Å². The molecule has 3 nitrogen and oxygen atoms in total. The Bertz CT molecular complexity index is 383. The number of hydrogen-bond donors (Lipinski definition) is 1. The van der Waals surface area contributed by atoms with Crippen molar-refractivity contribution in [3.05, 3.63) is 29.0 Å². The van der Waals surface area contributed by atoms with E-state index in [0.717, 1.165) is 19.3 Å². The van der Waals surface area contributed by atoms with Gasteiger partial charge >= 0.3 is 5.97 Å². The van der Waals surface area contributed by atoms with Gasteiger partial charge in [0.1, 0.15) is 5.41 Å². The first kappa shape index (κ1) is 11.4. The Kier molecular flexibility index (Phi) is 3.15. The molecule has 0 atom stereocenters. The number of nitrogens with zero attached hydrogens (tertiary/aromatic N) is 1. The average molecular weight is 240 g/mol. The fourth-order valence-electron chi connectivity index (χ4n) is 2.39. The lowest BCUT2D eigenvalue weighted by Gasteiger charge is -2.32. The highest BCUT2D eigenvalue weighted by atomic mass is 35.5. The van der Waals surface area contributed by atoms with Gasteiger partial charge in [0.15, 0.2) is 0 Å². The Morgan fingerprint density at radius 3 is 2.50 bits per heavy atom. The van der Waals surface area contributed by atoms with Crippen LogP contribution in [0.5, 0.6) is 0 Å². The predicted octanol–water partition coefficient (Wildman–Crippen LogP) is 3.02. The van der Waals surface area contributed by atoms with Crippen molar-refractivity contribution in [3.63, 3.8) is 0 Å². The van der Waals surface area contributed by atoms with Crippen LogP contribution in [0.4, 0.5) is 0 Å². The molecule has 0 radical (unpaired) electrons. The molecular formula is C12H14ClNO2. The molecule has 0 unspecified atom stereocenters. The zero-order valence-electron chi connectivity index (χ0n) is 8.95. The van der Waals surface area contributed by atoms with Gasteiger partial charge in [-0.15, -0.1) is 0 Å². The molecular weight excluding hydrogens is 226 g/mol. The summed E-state index contributed by atoms with van der Waals surface area (Å²) in [6, 6.07) is 3.45.